The Balaban J connectivity index is 1.55. The average molecular weight is 388 g/mol. The lowest BCUT2D eigenvalue weighted by Crippen LogP contribution is -2.24. The van der Waals surface area contributed by atoms with Crippen LogP contribution in [0.5, 0.6) is 5.75 Å². The highest BCUT2D eigenvalue weighted by Gasteiger charge is 2.35. The van der Waals surface area contributed by atoms with E-state index in [2.05, 4.69) is 10.1 Å². The molecule has 1 aliphatic rings. The Morgan fingerprint density at radius 1 is 1.30 bits per heavy atom. The van der Waals surface area contributed by atoms with Gasteiger partial charge in [-0.1, -0.05) is 22.8 Å². The lowest BCUT2D eigenvalue weighted by Gasteiger charge is -2.16. The van der Waals surface area contributed by atoms with Gasteiger partial charge < -0.3 is 14.2 Å². The smallest absolute Gasteiger partial charge is 0.232 e. The Morgan fingerprint density at radius 2 is 2.15 bits per heavy atom. The lowest BCUT2D eigenvalue weighted by molar-refractivity contribution is -0.117. The van der Waals surface area contributed by atoms with Gasteiger partial charge in [-0.25, -0.2) is 4.39 Å². The number of nitrogens with zero attached hydrogens (tertiary/aromatic N) is 3. The first-order valence-corrected chi connectivity index (χ1v) is 8.66. The van der Waals surface area contributed by atoms with Crippen LogP contribution >= 0.6 is 11.6 Å². The Morgan fingerprint density at radius 3 is 2.89 bits per heavy atom. The highest BCUT2D eigenvalue weighted by atomic mass is 35.5. The van der Waals surface area contributed by atoms with E-state index >= 15 is 0 Å². The molecule has 0 spiro atoms. The summed E-state index contributed by atoms with van der Waals surface area (Å²) in [5.41, 5.74) is 1.20. The molecular formula is C19H15ClFN3O3. The molecule has 0 saturated carbocycles. The van der Waals surface area contributed by atoms with Crippen LogP contribution < -0.4 is 9.64 Å². The molecule has 1 saturated heterocycles. The molecule has 1 aromatic heterocycles. The summed E-state index contributed by atoms with van der Waals surface area (Å²) in [5.74, 6) is -0.0387. The second kappa shape index (κ2) is 7.00. The average Bonchev–Trinajstić information content (AvgIpc) is 3.28. The summed E-state index contributed by atoms with van der Waals surface area (Å²) < 4.78 is 24.1. The normalized spacial score (nSPS) is 16.8. The van der Waals surface area contributed by atoms with E-state index in [-0.39, 0.29) is 29.8 Å². The van der Waals surface area contributed by atoms with E-state index in [1.54, 1.807) is 29.2 Å². The molecule has 2 aromatic carbocycles. The maximum atomic E-state index is 13.9. The maximum Gasteiger partial charge on any atom is 0.232 e. The SMILES string of the molecule is COc1ccc(-c2noc(C3CC(=O)N(c4cccc(Cl)c4)C3)n2)cc1F. The number of carbonyl (C=O) groups is 1. The van der Waals surface area contributed by atoms with E-state index in [1.807, 2.05) is 6.07 Å². The second-order valence-corrected chi connectivity index (χ2v) is 6.63. The second-order valence-electron chi connectivity index (χ2n) is 6.19. The highest BCUT2D eigenvalue weighted by molar-refractivity contribution is 6.30. The summed E-state index contributed by atoms with van der Waals surface area (Å²) in [6.07, 6.45) is 0.255. The quantitative estimate of drug-likeness (QED) is 0.675. The molecule has 1 atom stereocenters. The summed E-state index contributed by atoms with van der Waals surface area (Å²) in [4.78, 5) is 18.4. The lowest BCUT2D eigenvalue weighted by atomic mass is 10.1. The predicted molar refractivity (Wildman–Crippen MR) is 97.4 cm³/mol. The molecule has 0 bridgehead atoms. The molecule has 8 heteroatoms. The number of aromatic nitrogens is 2. The Kier molecular flexibility index (Phi) is 4.53. The largest absolute Gasteiger partial charge is 0.494 e. The molecule has 3 aromatic rings. The van der Waals surface area contributed by atoms with Crippen LogP contribution in [0.4, 0.5) is 10.1 Å². The van der Waals surface area contributed by atoms with E-state index in [1.165, 1.54) is 19.2 Å². The molecule has 1 fully saturated rings. The van der Waals surface area contributed by atoms with Gasteiger partial charge in [0.05, 0.1) is 13.0 Å². The molecule has 6 nitrogen and oxygen atoms in total. The zero-order valence-corrected chi connectivity index (χ0v) is 15.1. The van der Waals surface area contributed by atoms with Crippen molar-refractivity contribution in [1.82, 2.24) is 10.1 Å². The molecule has 138 valence electrons. The standard InChI is InChI=1S/C19H15ClFN3O3/c1-26-16-6-5-11(7-15(16)21)18-22-19(27-23-18)12-8-17(25)24(10-12)14-4-2-3-13(20)9-14/h2-7,9,12H,8,10H2,1H3. The summed E-state index contributed by atoms with van der Waals surface area (Å²) in [7, 11) is 1.40. The first kappa shape index (κ1) is 17.5. The number of rotatable bonds is 4. The van der Waals surface area contributed by atoms with Gasteiger partial charge in [-0.15, -0.1) is 0 Å². The zero-order chi connectivity index (χ0) is 19.0. The van der Waals surface area contributed by atoms with Gasteiger partial charge in [-0.05, 0) is 36.4 Å². The van der Waals surface area contributed by atoms with E-state index in [0.29, 0.717) is 23.0 Å². The molecule has 1 unspecified atom stereocenters. The fourth-order valence-corrected chi connectivity index (χ4v) is 3.27. The molecule has 0 radical (unpaired) electrons. The molecule has 1 aliphatic heterocycles. The summed E-state index contributed by atoms with van der Waals surface area (Å²) in [6.45, 7) is 0.414. The van der Waals surface area contributed by atoms with Gasteiger partial charge >= 0.3 is 0 Å². The van der Waals surface area contributed by atoms with Crippen molar-refractivity contribution in [2.24, 2.45) is 0 Å². The van der Waals surface area contributed by atoms with Crippen molar-refractivity contribution in [1.29, 1.82) is 0 Å². The minimum Gasteiger partial charge on any atom is -0.494 e. The van der Waals surface area contributed by atoms with Crippen LogP contribution in [0.15, 0.2) is 47.0 Å². The van der Waals surface area contributed by atoms with Gasteiger partial charge in [0.2, 0.25) is 17.6 Å². The van der Waals surface area contributed by atoms with Crippen LogP contribution in [0.1, 0.15) is 18.2 Å². The number of amides is 1. The van der Waals surface area contributed by atoms with Crippen LogP contribution in [0.25, 0.3) is 11.4 Å². The fourth-order valence-electron chi connectivity index (χ4n) is 3.09. The molecule has 2 heterocycles. The van der Waals surface area contributed by atoms with Crippen molar-refractivity contribution in [3.05, 3.63) is 59.2 Å². The van der Waals surface area contributed by atoms with Gasteiger partial charge in [-0.3, -0.25) is 4.79 Å². The zero-order valence-electron chi connectivity index (χ0n) is 14.4. The number of ether oxygens (including phenoxy) is 1. The summed E-state index contributed by atoms with van der Waals surface area (Å²) >= 11 is 6.01. The third-order valence-electron chi connectivity index (χ3n) is 4.45. The van der Waals surface area contributed by atoms with Crippen molar-refractivity contribution in [2.75, 3.05) is 18.6 Å². The van der Waals surface area contributed by atoms with Crippen molar-refractivity contribution in [3.8, 4) is 17.1 Å². The van der Waals surface area contributed by atoms with E-state index in [0.717, 1.165) is 5.69 Å². The fraction of sp³-hybridized carbons (Fsp3) is 0.211. The van der Waals surface area contributed by atoms with Crippen LogP contribution in [-0.4, -0.2) is 29.7 Å². The molecule has 4 rings (SSSR count). The van der Waals surface area contributed by atoms with E-state index in [4.69, 9.17) is 20.9 Å². The number of methoxy groups -OCH3 is 1. The van der Waals surface area contributed by atoms with Gasteiger partial charge in [-0.2, -0.15) is 4.98 Å². The molecule has 0 aliphatic carbocycles. The molecular weight excluding hydrogens is 373 g/mol. The minimum absolute atomic E-state index is 0.0440. The summed E-state index contributed by atoms with van der Waals surface area (Å²) in [6, 6.07) is 11.5. The van der Waals surface area contributed by atoms with Gasteiger partial charge in [0.15, 0.2) is 11.6 Å². The first-order chi connectivity index (χ1) is 13.0. The number of anilines is 1. The van der Waals surface area contributed by atoms with E-state index in [9.17, 15) is 9.18 Å². The van der Waals surface area contributed by atoms with Gasteiger partial charge in [0.25, 0.3) is 0 Å². The molecule has 1 amide bonds. The Bertz CT molecular complexity index is 1010. The Labute approximate surface area is 159 Å². The van der Waals surface area contributed by atoms with Crippen molar-refractivity contribution < 1.29 is 18.4 Å². The van der Waals surface area contributed by atoms with E-state index < -0.39 is 5.82 Å². The van der Waals surface area contributed by atoms with Crippen LogP contribution in [-0.2, 0) is 4.79 Å². The molecule has 0 N–H and O–H groups in total. The van der Waals surface area contributed by atoms with Crippen LogP contribution in [0.2, 0.25) is 5.02 Å². The number of hydrogen-bond acceptors (Lipinski definition) is 5. The predicted octanol–water partition coefficient (Wildman–Crippen LogP) is 4.06. The third-order valence-corrected chi connectivity index (χ3v) is 4.68. The first-order valence-electron chi connectivity index (χ1n) is 8.28. The number of hydrogen-bond donors (Lipinski definition) is 0. The number of carbonyl (C=O) groups excluding carboxylic acids is 1. The monoisotopic (exact) mass is 387 g/mol. The van der Waals surface area contributed by atoms with Crippen LogP contribution in [0.3, 0.4) is 0 Å². The molecule has 27 heavy (non-hydrogen) atoms. The number of halogens is 2. The van der Waals surface area contributed by atoms with Crippen molar-refractivity contribution >= 4 is 23.2 Å². The Hall–Kier alpha value is -2.93. The van der Waals surface area contributed by atoms with Crippen LogP contribution in [0, 0.1) is 5.82 Å². The van der Waals surface area contributed by atoms with Gasteiger partial charge in [0.1, 0.15) is 0 Å². The number of benzene rings is 2. The summed E-state index contributed by atoms with van der Waals surface area (Å²) in [5, 5.41) is 4.48. The third kappa shape index (κ3) is 3.38. The minimum atomic E-state index is -0.510. The highest BCUT2D eigenvalue weighted by Crippen LogP contribution is 2.33. The maximum absolute atomic E-state index is 13.9. The van der Waals surface area contributed by atoms with Gasteiger partial charge in [0, 0.05) is 29.2 Å². The van der Waals surface area contributed by atoms with Crippen molar-refractivity contribution in [2.45, 2.75) is 12.3 Å². The topological polar surface area (TPSA) is 68.5 Å². The van der Waals surface area contributed by atoms with Crippen molar-refractivity contribution in [3.63, 3.8) is 0 Å².